The summed E-state index contributed by atoms with van der Waals surface area (Å²) in [6, 6.07) is 16.2. The number of nitrogens with zero attached hydrogens (tertiary/aromatic N) is 2. The van der Waals surface area contributed by atoms with Crippen LogP contribution in [-0.2, 0) is 29.6 Å². The summed E-state index contributed by atoms with van der Waals surface area (Å²) >= 11 is 6.00. The number of benzene rings is 3. The van der Waals surface area contributed by atoms with Crippen molar-refractivity contribution >= 4 is 43.2 Å². The van der Waals surface area contributed by atoms with Crippen LogP contribution in [0.3, 0.4) is 0 Å². The number of rotatable bonds is 13. The Balaban J connectivity index is 1.39. The molecule has 0 radical (unpaired) electrons. The molecule has 43 heavy (non-hydrogen) atoms. The van der Waals surface area contributed by atoms with Crippen LogP contribution in [0, 0.1) is 0 Å². The van der Waals surface area contributed by atoms with Crippen LogP contribution in [0.4, 0.5) is 5.69 Å². The van der Waals surface area contributed by atoms with E-state index in [0.717, 1.165) is 4.31 Å². The summed E-state index contributed by atoms with van der Waals surface area (Å²) in [5, 5.41) is 3.06. The highest BCUT2D eigenvalue weighted by atomic mass is 35.5. The highest BCUT2D eigenvalue weighted by Gasteiger charge is 2.29. The Morgan fingerprint density at radius 1 is 0.907 bits per heavy atom. The van der Waals surface area contributed by atoms with Crippen molar-refractivity contribution in [3.05, 3.63) is 71.8 Å². The molecule has 0 spiro atoms. The Kier molecular flexibility index (Phi) is 10.7. The van der Waals surface area contributed by atoms with Crippen molar-refractivity contribution < 1.29 is 40.6 Å². The Bertz CT molecular complexity index is 1610. The summed E-state index contributed by atoms with van der Waals surface area (Å²) in [5.74, 6) is 0.405. The van der Waals surface area contributed by atoms with Gasteiger partial charge >= 0.3 is 0 Å². The number of hydrogen-bond donors (Lipinski definition) is 1. The standard InChI is InChI=1S/C28H32ClN3O9S2/c1-38-26-12-11-25(19-27(26)39-2)43(36,37)32(22-5-3-21(29)4-6-22)20-28(33)30-13-16-41-23-7-9-24(10-8-23)42(34,35)31-14-17-40-18-15-31/h3-12,19H,13-18,20H2,1-2H3,(H,30,33). The third-order valence-corrected chi connectivity index (χ3v) is 10.4. The third-order valence-electron chi connectivity index (χ3n) is 6.47. The molecule has 1 aliphatic heterocycles. The molecule has 0 aromatic heterocycles. The van der Waals surface area contributed by atoms with Crippen molar-refractivity contribution in [3.8, 4) is 17.2 Å². The number of methoxy groups -OCH3 is 2. The second-order valence-corrected chi connectivity index (χ2v) is 13.4. The lowest BCUT2D eigenvalue weighted by Gasteiger charge is -2.26. The predicted octanol–water partition coefficient (Wildman–Crippen LogP) is 2.77. The van der Waals surface area contributed by atoms with Gasteiger partial charge in [0.1, 0.15) is 18.9 Å². The Labute approximate surface area is 256 Å². The van der Waals surface area contributed by atoms with E-state index < -0.39 is 32.5 Å². The SMILES string of the molecule is COc1ccc(S(=O)(=O)N(CC(=O)NCCOc2ccc(S(=O)(=O)N3CCOCC3)cc2)c2ccc(Cl)cc2)cc1OC. The first kappa shape index (κ1) is 32.4. The number of hydrogen-bond acceptors (Lipinski definition) is 9. The largest absolute Gasteiger partial charge is 0.493 e. The summed E-state index contributed by atoms with van der Waals surface area (Å²) in [6.07, 6.45) is 0. The maximum atomic E-state index is 13.7. The van der Waals surface area contributed by atoms with Crippen LogP contribution in [0.5, 0.6) is 17.2 Å². The molecule has 1 fully saturated rings. The number of carbonyl (C=O) groups is 1. The van der Waals surface area contributed by atoms with Gasteiger partial charge in [0, 0.05) is 24.2 Å². The van der Waals surface area contributed by atoms with E-state index in [1.807, 2.05) is 0 Å². The van der Waals surface area contributed by atoms with Crippen LogP contribution in [0.15, 0.2) is 76.5 Å². The van der Waals surface area contributed by atoms with Crippen molar-refractivity contribution in [2.75, 3.05) is 64.5 Å². The van der Waals surface area contributed by atoms with Gasteiger partial charge in [-0.2, -0.15) is 4.31 Å². The van der Waals surface area contributed by atoms with Gasteiger partial charge < -0.3 is 24.3 Å². The molecule has 0 unspecified atom stereocenters. The minimum atomic E-state index is -4.21. The van der Waals surface area contributed by atoms with E-state index in [4.69, 9.17) is 30.5 Å². The highest BCUT2D eigenvalue weighted by molar-refractivity contribution is 7.92. The molecule has 0 saturated carbocycles. The number of sulfonamides is 2. The molecule has 0 aliphatic carbocycles. The van der Waals surface area contributed by atoms with Gasteiger partial charge in [-0.3, -0.25) is 9.10 Å². The molecule has 1 N–H and O–H groups in total. The van der Waals surface area contributed by atoms with Gasteiger partial charge in [-0.15, -0.1) is 0 Å². The lowest BCUT2D eigenvalue weighted by Crippen LogP contribution is -2.42. The van der Waals surface area contributed by atoms with Crippen molar-refractivity contribution in [1.29, 1.82) is 0 Å². The summed E-state index contributed by atoms with van der Waals surface area (Å²) in [7, 11) is -5.01. The number of morpholine rings is 1. The number of nitrogens with one attached hydrogen (secondary N) is 1. The number of anilines is 1. The molecule has 0 bridgehead atoms. The van der Waals surface area contributed by atoms with E-state index in [-0.39, 0.29) is 34.4 Å². The zero-order valence-corrected chi connectivity index (χ0v) is 26.0. The van der Waals surface area contributed by atoms with Crippen LogP contribution < -0.4 is 23.8 Å². The Morgan fingerprint density at radius 2 is 1.53 bits per heavy atom. The average Bonchev–Trinajstić information content (AvgIpc) is 3.02. The smallest absolute Gasteiger partial charge is 0.264 e. The van der Waals surface area contributed by atoms with Gasteiger partial charge in [0.05, 0.1) is 49.5 Å². The molecular weight excluding hydrogens is 622 g/mol. The van der Waals surface area contributed by atoms with E-state index in [0.29, 0.717) is 42.8 Å². The van der Waals surface area contributed by atoms with Crippen molar-refractivity contribution in [2.24, 2.45) is 0 Å². The molecule has 12 nitrogen and oxygen atoms in total. The van der Waals surface area contributed by atoms with E-state index in [1.54, 1.807) is 0 Å². The fraction of sp³-hybridized carbons (Fsp3) is 0.321. The fourth-order valence-electron chi connectivity index (χ4n) is 4.22. The summed E-state index contributed by atoms with van der Waals surface area (Å²) in [4.78, 5) is 12.9. The molecule has 15 heteroatoms. The van der Waals surface area contributed by atoms with Gasteiger partial charge in [-0.1, -0.05) is 11.6 Å². The molecule has 1 amide bonds. The zero-order chi connectivity index (χ0) is 31.0. The number of carbonyl (C=O) groups excluding carboxylic acids is 1. The summed E-state index contributed by atoms with van der Waals surface area (Å²) in [5.41, 5.74) is 0.234. The first-order valence-corrected chi connectivity index (χ1v) is 16.4. The van der Waals surface area contributed by atoms with Crippen molar-refractivity contribution in [1.82, 2.24) is 9.62 Å². The molecule has 1 aliphatic rings. The van der Waals surface area contributed by atoms with Crippen LogP contribution in [0.2, 0.25) is 5.02 Å². The maximum Gasteiger partial charge on any atom is 0.264 e. The number of amides is 1. The Hall–Kier alpha value is -3.56. The summed E-state index contributed by atoms with van der Waals surface area (Å²) < 4.78 is 76.6. The van der Waals surface area contributed by atoms with Crippen LogP contribution >= 0.6 is 11.6 Å². The minimum Gasteiger partial charge on any atom is -0.493 e. The number of halogens is 1. The van der Waals surface area contributed by atoms with Crippen LogP contribution in [-0.4, -0.2) is 87.3 Å². The molecule has 3 aromatic carbocycles. The van der Waals surface area contributed by atoms with E-state index in [1.165, 1.54) is 85.3 Å². The first-order chi connectivity index (χ1) is 20.6. The van der Waals surface area contributed by atoms with E-state index in [2.05, 4.69) is 5.32 Å². The van der Waals surface area contributed by atoms with Crippen LogP contribution in [0.25, 0.3) is 0 Å². The monoisotopic (exact) mass is 653 g/mol. The van der Waals surface area contributed by atoms with Gasteiger partial charge in [0.25, 0.3) is 10.0 Å². The van der Waals surface area contributed by atoms with Gasteiger partial charge in [-0.05, 0) is 60.7 Å². The highest BCUT2D eigenvalue weighted by Crippen LogP contribution is 2.32. The second kappa shape index (κ2) is 14.3. The van der Waals surface area contributed by atoms with Gasteiger partial charge in [0.15, 0.2) is 11.5 Å². The zero-order valence-electron chi connectivity index (χ0n) is 23.6. The molecule has 4 rings (SSSR count). The molecule has 0 atom stereocenters. The Morgan fingerprint density at radius 3 is 2.16 bits per heavy atom. The average molecular weight is 654 g/mol. The topological polar surface area (TPSA) is 141 Å². The minimum absolute atomic E-state index is 0.0602. The van der Waals surface area contributed by atoms with Crippen molar-refractivity contribution in [2.45, 2.75) is 9.79 Å². The van der Waals surface area contributed by atoms with E-state index >= 15 is 0 Å². The lowest BCUT2D eigenvalue weighted by atomic mass is 10.3. The molecule has 232 valence electrons. The molecular formula is C28H32ClN3O9S2. The first-order valence-electron chi connectivity index (χ1n) is 13.1. The third kappa shape index (κ3) is 7.89. The van der Waals surface area contributed by atoms with Gasteiger partial charge in [-0.25, -0.2) is 16.8 Å². The predicted molar refractivity (Wildman–Crippen MR) is 160 cm³/mol. The quantitative estimate of drug-likeness (QED) is 0.276. The summed E-state index contributed by atoms with van der Waals surface area (Å²) in [6.45, 7) is 0.906. The molecule has 3 aromatic rings. The molecule has 1 saturated heterocycles. The molecule has 1 heterocycles. The maximum absolute atomic E-state index is 13.7. The normalized spacial score (nSPS) is 14.1. The van der Waals surface area contributed by atoms with E-state index in [9.17, 15) is 21.6 Å². The van der Waals surface area contributed by atoms with Crippen molar-refractivity contribution in [3.63, 3.8) is 0 Å². The fourth-order valence-corrected chi connectivity index (χ4v) is 7.19. The van der Waals surface area contributed by atoms with Crippen LogP contribution in [0.1, 0.15) is 0 Å². The lowest BCUT2D eigenvalue weighted by molar-refractivity contribution is -0.119. The second-order valence-electron chi connectivity index (χ2n) is 9.19. The van der Waals surface area contributed by atoms with Gasteiger partial charge in [0.2, 0.25) is 15.9 Å². The number of ether oxygens (including phenoxy) is 4.